The largest absolute Gasteiger partial charge is 0.349 e. The Bertz CT molecular complexity index is 1010. The minimum Gasteiger partial charge on any atom is -0.349 e. The fourth-order valence-electron chi connectivity index (χ4n) is 3.71. The van der Waals surface area contributed by atoms with Crippen LogP contribution >= 0.6 is 0 Å². The third-order valence-corrected chi connectivity index (χ3v) is 5.19. The monoisotopic (exact) mass is 378 g/mol. The van der Waals surface area contributed by atoms with Crippen LogP contribution in [0.1, 0.15) is 45.3 Å². The van der Waals surface area contributed by atoms with Crippen molar-refractivity contribution in [3.05, 3.63) is 82.4 Å². The predicted octanol–water partition coefficient (Wildman–Crippen LogP) is 3.24. The average molecular weight is 378 g/mol. The van der Waals surface area contributed by atoms with Crippen molar-refractivity contribution in [2.45, 2.75) is 32.2 Å². The SMILES string of the molecule is Cc1ccc(-n2nc(C(=O)NCC(N)c3ccccc3)c3c2CCC3)c(F)c1. The van der Waals surface area contributed by atoms with E-state index in [9.17, 15) is 9.18 Å². The van der Waals surface area contributed by atoms with E-state index in [-0.39, 0.29) is 17.8 Å². The number of hydrogen-bond acceptors (Lipinski definition) is 3. The molecule has 0 fully saturated rings. The van der Waals surface area contributed by atoms with Crippen LogP contribution in [0.2, 0.25) is 0 Å². The van der Waals surface area contributed by atoms with E-state index in [1.807, 2.05) is 43.3 Å². The highest BCUT2D eigenvalue weighted by Gasteiger charge is 2.28. The number of halogens is 1. The third-order valence-electron chi connectivity index (χ3n) is 5.19. The Morgan fingerprint density at radius 1 is 1.25 bits per heavy atom. The van der Waals surface area contributed by atoms with Crippen LogP contribution in [0.15, 0.2) is 48.5 Å². The molecule has 0 radical (unpaired) electrons. The van der Waals surface area contributed by atoms with Gasteiger partial charge in [0, 0.05) is 23.8 Å². The van der Waals surface area contributed by atoms with E-state index >= 15 is 0 Å². The molecule has 1 heterocycles. The van der Waals surface area contributed by atoms with Gasteiger partial charge in [0.25, 0.3) is 5.91 Å². The quantitative estimate of drug-likeness (QED) is 0.716. The Morgan fingerprint density at radius 3 is 2.79 bits per heavy atom. The number of fused-ring (bicyclic) bond motifs is 1. The average Bonchev–Trinajstić information content (AvgIpc) is 3.30. The lowest BCUT2D eigenvalue weighted by atomic mass is 10.1. The van der Waals surface area contributed by atoms with Gasteiger partial charge in [-0.25, -0.2) is 9.07 Å². The Labute approximate surface area is 163 Å². The van der Waals surface area contributed by atoms with E-state index in [4.69, 9.17) is 5.73 Å². The number of amides is 1. The number of nitrogens with one attached hydrogen (secondary N) is 1. The molecule has 0 bridgehead atoms. The zero-order valence-electron chi connectivity index (χ0n) is 15.8. The molecule has 1 atom stereocenters. The van der Waals surface area contributed by atoms with Gasteiger partial charge in [-0.1, -0.05) is 36.4 Å². The second-order valence-corrected chi connectivity index (χ2v) is 7.22. The Morgan fingerprint density at radius 2 is 2.04 bits per heavy atom. The molecule has 0 spiro atoms. The van der Waals surface area contributed by atoms with E-state index in [2.05, 4.69) is 10.4 Å². The number of nitrogens with two attached hydrogens (primary N) is 1. The van der Waals surface area contributed by atoms with Crippen molar-refractivity contribution in [3.8, 4) is 5.69 Å². The number of aromatic nitrogens is 2. The fourth-order valence-corrected chi connectivity index (χ4v) is 3.71. The normalized spacial score (nSPS) is 14.0. The minimum absolute atomic E-state index is 0.268. The van der Waals surface area contributed by atoms with E-state index in [0.29, 0.717) is 17.9 Å². The number of hydrogen-bond donors (Lipinski definition) is 2. The summed E-state index contributed by atoms with van der Waals surface area (Å²) in [7, 11) is 0. The van der Waals surface area contributed by atoms with Crippen LogP contribution in [-0.2, 0) is 12.8 Å². The number of carbonyl (C=O) groups excluding carboxylic acids is 1. The maximum Gasteiger partial charge on any atom is 0.272 e. The zero-order valence-corrected chi connectivity index (χ0v) is 15.8. The summed E-state index contributed by atoms with van der Waals surface area (Å²) in [6.07, 6.45) is 2.49. The summed E-state index contributed by atoms with van der Waals surface area (Å²) in [5, 5.41) is 7.35. The van der Waals surface area contributed by atoms with E-state index in [0.717, 1.165) is 41.6 Å². The Balaban J connectivity index is 1.57. The second-order valence-electron chi connectivity index (χ2n) is 7.22. The summed E-state index contributed by atoms with van der Waals surface area (Å²) in [6, 6.07) is 14.4. The number of aryl methyl sites for hydroxylation is 1. The lowest BCUT2D eigenvalue weighted by Gasteiger charge is -2.12. The van der Waals surface area contributed by atoms with Gasteiger partial charge in [0.05, 0.1) is 0 Å². The molecule has 0 saturated heterocycles. The molecular weight excluding hydrogens is 355 g/mol. The van der Waals surface area contributed by atoms with Gasteiger partial charge in [0.15, 0.2) is 5.69 Å². The maximum atomic E-state index is 14.5. The molecule has 3 N–H and O–H groups in total. The summed E-state index contributed by atoms with van der Waals surface area (Å²) in [5.74, 6) is -0.606. The summed E-state index contributed by atoms with van der Waals surface area (Å²) >= 11 is 0. The summed E-state index contributed by atoms with van der Waals surface area (Å²) in [4.78, 5) is 12.8. The van der Waals surface area contributed by atoms with Crippen molar-refractivity contribution < 1.29 is 9.18 Å². The molecule has 3 aromatic rings. The molecule has 4 rings (SSSR count). The van der Waals surface area contributed by atoms with Crippen molar-refractivity contribution >= 4 is 5.91 Å². The van der Waals surface area contributed by atoms with Gasteiger partial charge < -0.3 is 11.1 Å². The lowest BCUT2D eigenvalue weighted by Crippen LogP contribution is -2.32. The third kappa shape index (κ3) is 3.43. The molecule has 1 unspecified atom stereocenters. The maximum absolute atomic E-state index is 14.5. The molecule has 0 aliphatic heterocycles. The molecule has 1 aliphatic rings. The van der Waals surface area contributed by atoms with Crippen molar-refractivity contribution in [2.24, 2.45) is 5.73 Å². The number of nitrogens with zero attached hydrogens (tertiary/aromatic N) is 2. The standard InChI is InChI=1S/C22H23FN4O/c1-14-10-11-20(17(23)12-14)27-19-9-5-8-16(19)21(26-27)22(28)25-13-18(24)15-6-3-2-4-7-15/h2-4,6-7,10-12,18H,5,8-9,13,24H2,1H3,(H,25,28). The van der Waals surface area contributed by atoms with E-state index in [1.54, 1.807) is 10.7 Å². The topological polar surface area (TPSA) is 72.9 Å². The first-order valence-corrected chi connectivity index (χ1v) is 9.50. The first-order chi connectivity index (χ1) is 13.5. The van der Waals surface area contributed by atoms with Gasteiger partial charge in [0.2, 0.25) is 0 Å². The molecule has 5 nitrogen and oxygen atoms in total. The van der Waals surface area contributed by atoms with Gasteiger partial charge in [-0.05, 0) is 49.4 Å². The number of benzene rings is 2. The molecule has 144 valence electrons. The van der Waals surface area contributed by atoms with Gasteiger partial charge in [0.1, 0.15) is 11.5 Å². The highest BCUT2D eigenvalue weighted by Crippen LogP contribution is 2.29. The van der Waals surface area contributed by atoms with Crippen LogP contribution in [0.5, 0.6) is 0 Å². The van der Waals surface area contributed by atoms with Crippen LogP contribution in [0.3, 0.4) is 0 Å². The Kier molecular flexibility index (Phi) is 4.96. The molecule has 0 saturated carbocycles. The molecule has 1 amide bonds. The van der Waals surface area contributed by atoms with Crippen molar-refractivity contribution in [3.63, 3.8) is 0 Å². The first-order valence-electron chi connectivity index (χ1n) is 9.50. The van der Waals surface area contributed by atoms with Crippen molar-refractivity contribution in [1.29, 1.82) is 0 Å². The van der Waals surface area contributed by atoms with Crippen molar-refractivity contribution in [1.82, 2.24) is 15.1 Å². The van der Waals surface area contributed by atoms with Crippen LogP contribution in [-0.4, -0.2) is 22.2 Å². The highest BCUT2D eigenvalue weighted by atomic mass is 19.1. The molecule has 2 aromatic carbocycles. The summed E-state index contributed by atoms with van der Waals surface area (Å²) in [5.41, 5.74) is 10.6. The highest BCUT2D eigenvalue weighted by molar-refractivity contribution is 5.94. The molecule has 1 aliphatic carbocycles. The lowest BCUT2D eigenvalue weighted by molar-refractivity contribution is 0.0945. The number of rotatable bonds is 5. The van der Waals surface area contributed by atoms with Gasteiger partial charge in [-0.15, -0.1) is 0 Å². The second kappa shape index (κ2) is 7.56. The van der Waals surface area contributed by atoms with Crippen LogP contribution in [0.25, 0.3) is 5.69 Å². The fraction of sp³-hybridized carbons (Fsp3) is 0.273. The van der Waals surface area contributed by atoms with Crippen molar-refractivity contribution in [2.75, 3.05) is 6.54 Å². The first kappa shape index (κ1) is 18.4. The van der Waals surface area contributed by atoms with Gasteiger partial charge in [-0.3, -0.25) is 4.79 Å². The summed E-state index contributed by atoms with van der Waals surface area (Å²) in [6.45, 7) is 2.15. The number of carbonyl (C=O) groups is 1. The predicted molar refractivity (Wildman–Crippen MR) is 106 cm³/mol. The Hall–Kier alpha value is -2.99. The summed E-state index contributed by atoms with van der Waals surface area (Å²) < 4.78 is 16.1. The van der Waals surface area contributed by atoms with Crippen LogP contribution in [0, 0.1) is 12.7 Å². The van der Waals surface area contributed by atoms with Crippen LogP contribution < -0.4 is 11.1 Å². The zero-order chi connectivity index (χ0) is 19.7. The molecular formula is C22H23FN4O. The van der Waals surface area contributed by atoms with E-state index in [1.165, 1.54) is 6.07 Å². The minimum atomic E-state index is -0.338. The molecule has 28 heavy (non-hydrogen) atoms. The van der Waals surface area contributed by atoms with Crippen LogP contribution in [0.4, 0.5) is 4.39 Å². The van der Waals surface area contributed by atoms with E-state index < -0.39 is 0 Å². The van der Waals surface area contributed by atoms with Gasteiger partial charge >= 0.3 is 0 Å². The smallest absolute Gasteiger partial charge is 0.272 e. The molecule has 6 heteroatoms. The van der Waals surface area contributed by atoms with Gasteiger partial charge in [-0.2, -0.15) is 5.10 Å². The molecule has 1 aromatic heterocycles.